The Balaban J connectivity index is -0.0000000286. The van der Waals surface area contributed by atoms with Crippen LogP contribution in [0.1, 0.15) is 40.5 Å². The molecule has 0 aliphatic carbocycles. The average Bonchev–Trinajstić information content (AvgIpc) is 1.75. The van der Waals surface area contributed by atoms with Gasteiger partial charge in [-0.15, -0.1) is 6.42 Å². The summed E-state index contributed by atoms with van der Waals surface area (Å²) in [5, 5.41) is 0. The topological polar surface area (TPSA) is 0 Å². The smallest absolute Gasteiger partial charge is 0 e. The van der Waals surface area contributed by atoms with Gasteiger partial charge in [-0.2, -0.15) is 12.8 Å². The normalized spacial score (nSPS) is 5.33. The Morgan fingerprint density at radius 1 is 1.00 bits per heavy atom. The Hall–Kier alpha value is 1.10. The molecule has 0 unspecified atom stereocenters. The van der Waals surface area contributed by atoms with Crippen molar-refractivity contribution in [3.63, 3.8) is 0 Å². The Kier molecular flexibility index (Phi) is 88.7. The summed E-state index contributed by atoms with van der Waals surface area (Å²) in [5.74, 6) is 0. The van der Waals surface area contributed by atoms with Crippen molar-refractivity contribution in [1.29, 1.82) is 0 Å². The van der Waals surface area contributed by atoms with Crippen molar-refractivity contribution in [2.75, 3.05) is 0 Å². The molecule has 0 saturated carbocycles. The van der Waals surface area contributed by atoms with Gasteiger partial charge in [-0.05, 0) is 0 Å². The van der Waals surface area contributed by atoms with Gasteiger partial charge in [0.2, 0.25) is 0 Å². The molecule has 0 saturated heterocycles. The molecule has 1 heteroatoms. The van der Waals surface area contributed by atoms with E-state index >= 15 is 0 Å². The van der Waals surface area contributed by atoms with Gasteiger partial charge >= 0.3 is 0 Å². The van der Waals surface area contributed by atoms with Gasteiger partial charge < -0.3 is 13.8 Å². The second-order valence-electron chi connectivity index (χ2n) is 1.06. The van der Waals surface area contributed by atoms with Crippen molar-refractivity contribution in [3.05, 3.63) is 13.8 Å². The number of unbranched alkanes of at least 4 members (excludes halogenated alkanes) is 2. The van der Waals surface area contributed by atoms with E-state index in [1.54, 1.807) is 0 Å². The first-order chi connectivity index (χ1) is 3.41. The quantitative estimate of drug-likeness (QED) is 0.605. The van der Waals surface area contributed by atoms with Gasteiger partial charge in [0, 0.05) is 32.7 Å². The van der Waals surface area contributed by atoms with Crippen molar-refractivity contribution in [1.82, 2.24) is 0 Å². The van der Waals surface area contributed by atoms with E-state index in [4.69, 9.17) is 0 Å². The fourth-order valence-corrected chi connectivity index (χ4v) is 0.177. The molecule has 0 bridgehead atoms. The molecule has 0 aliphatic rings. The van der Waals surface area contributed by atoms with Gasteiger partial charge in [0.05, 0.1) is 0 Å². The molecule has 0 atom stereocenters. The van der Waals surface area contributed by atoms with E-state index < -0.39 is 0 Å². The first kappa shape index (κ1) is 22.5. The molecular formula is C8H20Y-2. The van der Waals surface area contributed by atoms with Crippen molar-refractivity contribution in [2.24, 2.45) is 0 Å². The van der Waals surface area contributed by atoms with E-state index in [1.807, 2.05) is 13.8 Å². The van der Waals surface area contributed by atoms with Crippen LogP contribution in [0.15, 0.2) is 0 Å². The van der Waals surface area contributed by atoms with Crippen LogP contribution in [0.5, 0.6) is 0 Å². The molecule has 0 aromatic carbocycles. The third-order valence-electron chi connectivity index (χ3n) is 0.500. The maximum absolute atomic E-state index is 3.64. The summed E-state index contributed by atoms with van der Waals surface area (Å²) < 4.78 is 0. The summed E-state index contributed by atoms with van der Waals surface area (Å²) in [5.41, 5.74) is 0. The predicted molar refractivity (Wildman–Crippen MR) is 42.6 cm³/mol. The van der Waals surface area contributed by atoms with Crippen LogP contribution in [0.2, 0.25) is 0 Å². The minimum absolute atomic E-state index is 0. The summed E-state index contributed by atoms with van der Waals surface area (Å²) in [7, 11) is 0. The zero-order valence-corrected chi connectivity index (χ0v) is 8.95. The number of hydrogen-bond acceptors (Lipinski definition) is 0. The zero-order valence-electron chi connectivity index (χ0n) is 6.11. The average molecular weight is 205 g/mol. The Bertz CT molecular complexity index is 12.0. The fraction of sp³-hybridized carbons (Fsp3) is 0.750. The molecule has 0 aliphatic heterocycles. The molecule has 0 aromatic rings. The summed E-state index contributed by atoms with van der Waals surface area (Å²) in [4.78, 5) is 0. The Morgan fingerprint density at radius 3 is 1.22 bits per heavy atom. The molecule has 0 heterocycles. The first-order valence-electron chi connectivity index (χ1n) is 3.00. The maximum atomic E-state index is 3.64. The Labute approximate surface area is 86.7 Å². The van der Waals surface area contributed by atoms with Crippen LogP contribution in [-0.2, 0) is 32.7 Å². The van der Waals surface area contributed by atoms with Crippen molar-refractivity contribution in [2.45, 2.75) is 40.5 Å². The van der Waals surface area contributed by atoms with E-state index in [0.717, 1.165) is 12.8 Å². The SMILES string of the molecule is C.CC.[CH2-]CCC[CH2-].[Y]. The molecule has 0 amide bonds. The largest absolute Gasteiger partial charge is 0.343 e. The van der Waals surface area contributed by atoms with Crippen LogP contribution in [0, 0.1) is 13.8 Å². The second kappa shape index (κ2) is 35.5. The molecule has 0 spiro atoms. The zero-order chi connectivity index (χ0) is 6.12. The van der Waals surface area contributed by atoms with Gasteiger partial charge in [-0.25, -0.2) is 0 Å². The monoisotopic (exact) mass is 205 g/mol. The number of rotatable bonds is 2. The van der Waals surface area contributed by atoms with E-state index in [9.17, 15) is 0 Å². The summed E-state index contributed by atoms with van der Waals surface area (Å²) in [6.45, 7) is 11.3. The van der Waals surface area contributed by atoms with Gasteiger partial charge in [-0.3, -0.25) is 0 Å². The molecule has 9 heavy (non-hydrogen) atoms. The second-order valence-corrected chi connectivity index (χ2v) is 1.06. The standard InChI is InChI=1S/C5H10.C2H6.CH4.Y/c1-3-5-4-2;1-2;;/h1-5H2;1-2H3;1H4;/q-2;;;. The molecule has 0 nitrogen and oxygen atoms in total. The van der Waals surface area contributed by atoms with E-state index in [2.05, 4.69) is 13.8 Å². The molecule has 0 fully saturated rings. The maximum Gasteiger partial charge on any atom is 0 e. The molecule has 1 radical (unpaired) electrons. The summed E-state index contributed by atoms with van der Waals surface area (Å²) in [6.07, 6.45) is 3.23. The van der Waals surface area contributed by atoms with Crippen LogP contribution in [-0.4, -0.2) is 0 Å². The summed E-state index contributed by atoms with van der Waals surface area (Å²) in [6, 6.07) is 0. The van der Waals surface area contributed by atoms with Crippen LogP contribution in [0.4, 0.5) is 0 Å². The van der Waals surface area contributed by atoms with Crippen molar-refractivity contribution in [3.8, 4) is 0 Å². The van der Waals surface area contributed by atoms with Crippen molar-refractivity contribution < 1.29 is 32.7 Å². The van der Waals surface area contributed by atoms with Crippen LogP contribution >= 0.6 is 0 Å². The molecule has 0 N–H and O–H groups in total. The summed E-state index contributed by atoms with van der Waals surface area (Å²) >= 11 is 0. The van der Waals surface area contributed by atoms with Gasteiger partial charge in [-0.1, -0.05) is 21.3 Å². The molecular weight excluding hydrogens is 185 g/mol. The van der Waals surface area contributed by atoms with Gasteiger partial charge in [0.15, 0.2) is 0 Å². The van der Waals surface area contributed by atoms with Crippen LogP contribution in [0.25, 0.3) is 0 Å². The Morgan fingerprint density at radius 2 is 1.22 bits per heavy atom. The van der Waals surface area contributed by atoms with Gasteiger partial charge in [0.1, 0.15) is 0 Å². The van der Waals surface area contributed by atoms with E-state index in [1.165, 1.54) is 6.42 Å². The first-order valence-corrected chi connectivity index (χ1v) is 3.00. The minimum atomic E-state index is 0. The third-order valence-corrected chi connectivity index (χ3v) is 0.500. The number of hydrogen-bond donors (Lipinski definition) is 0. The van der Waals surface area contributed by atoms with Crippen LogP contribution in [0.3, 0.4) is 0 Å². The molecule has 0 rings (SSSR count). The minimum Gasteiger partial charge on any atom is -0.343 e. The van der Waals surface area contributed by atoms with E-state index in [-0.39, 0.29) is 40.1 Å². The third kappa shape index (κ3) is 47.7. The fourth-order valence-electron chi connectivity index (χ4n) is 0.177. The molecule has 57 valence electrons. The predicted octanol–water partition coefficient (Wildman–Crippen LogP) is 3.48. The van der Waals surface area contributed by atoms with Crippen molar-refractivity contribution >= 4 is 0 Å². The van der Waals surface area contributed by atoms with Crippen LogP contribution < -0.4 is 0 Å². The molecule has 0 aromatic heterocycles. The van der Waals surface area contributed by atoms with E-state index in [0.29, 0.717) is 0 Å². The van der Waals surface area contributed by atoms with Gasteiger partial charge in [0.25, 0.3) is 0 Å².